The highest BCUT2D eigenvalue weighted by atomic mass is 35.5. The van der Waals surface area contributed by atoms with Gasteiger partial charge in [0.1, 0.15) is 0 Å². The van der Waals surface area contributed by atoms with E-state index in [-0.39, 0.29) is 12.4 Å². The summed E-state index contributed by atoms with van der Waals surface area (Å²) < 4.78 is 0. The fraction of sp³-hybridized carbons (Fsp3) is 0.941. The molecule has 2 nitrogen and oxygen atoms in total. The van der Waals surface area contributed by atoms with Crippen molar-refractivity contribution in [3.63, 3.8) is 0 Å². The largest absolute Gasteiger partial charge is 0.360 e. The second-order valence-electron chi connectivity index (χ2n) is 5.71. The van der Waals surface area contributed by atoms with Gasteiger partial charge in [-0.3, -0.25) is 5.41 Å². The van der Waals surface area contributed by atoms with Crippen LogP contribution in [0.4, 0.5) is 0 Å². The van der Waals surface area contributed by atoms with Crippen molar-refractivity contribution in [3.8, 4) is 0 Å². The Labute approximate surface area is 133 Å². The predicted molar refractivity (Wildman–Crippen MR) is 94.3 cm³/mol. The number of halogens is 1. The molecule has 0 saturated carbocycles. The molecule has 122 valence electrons. The van der Waals surface area contributed by atoms with E-state index < -0.39 is 0 Å². The van der Waals surface area contributed by atoms with E-state index in [1.54, 1.807) is 0 Å². The summed E-state index contributed by atoms with van der Waals surface area (Å²) in [5.41, 5.74) is 0. The highest BCUT2D eigenvalue weighted by Gasteiger charge is 2.18. The SMILES string of the molecule is CCCCC(CCC)C(=N)N(CCCC)CCCC.Cl. The number of hydrogen-bond acceptors (Lipinski definition) is 1. The van der Waals surface area contributed by atoms with Gasteiger partial charge in [-0.1, -0.05) is 59.8 Å². The molecule has 0 fully saturated rings. The van der Waals surface area contributed by atoms with Gasteiger partial charge in [0.15, 0.2) is 0 Å². The van der Waals surface area contributed by atoms with Crippen LogP contribution in [0.2, 0.25) is 0 Å². The molecular weight excluding hydrogens is 268 g/mol. The Bertz CT molecular complexity index is 211. The van der Waals surface area contributed by atoms with Crippen molar-refractivity contribution in [1.29, 1.82) is 5.41 Å². The van der Waals surface area contributed by atoms with Gasteiger partial charge in [-0.05, 0) is 25.7 Å². The summed E-state index contributed by atoms with van der Waals surface area (Å²) in [5, 5.41) is 8.57. The van der Waals surface area contributed by atoms with Crippen LogP contribution in [0.25, 0.3) is 0 Å². The van der Waals surface area contributed by atoms with E-state index in [0.717, 1.165) is 18.9 Å². The van der Waals surface area contributed by atoms with Gasteiger partial charge in [0, 0.05) is 19.0 Å². The van der Waals surface area contributed by atoms with Crippen LogP contribution in [-0.2, 0) is 0 Å². The Kier molecular flexibility index (Phi) is 16.7. The van der Waals surface area contributed by atoms with E-state index in [4.69, 9.17) is 5.41 Å². The number of amidine groups is 1. The number of nitrogens with one attached hydrogen (secondary N) is 1. The molecule has 0 aliphatic carbocycles. The lowest BCUT2D eigenvalue weighted by Gasteiger charge is -2.30. The van der Waals surface area contributed by atoms with Gasteiger partial charge >= 0.3 is 0 Å². The van der Waals surface area contributed by atoms with Gasteiger partial charge in [0.05, 0.1) is 5.84 Å². The summed E-state index contributed by atoms with van der Waals surface area (Å²) in [4.78, 5) is 2.36. The molecule has 0 radical (unpaired) electrons. The molecule has 0 amide bonds. The van der Waals surface area contributed by atoms with Crippen LogP contribution < -0.4 is 0 Å². The Hall–Kier alpha value is -0.240. The standard InChI is InChI=1S/C17H36N2.ClH/c1-5-9-13-16(12-8-4)17(18)19(14-10-6-2)15-11-7-3;/h16,18H,5-15H2,1-4H3;1H. The number of hydrogen-bond donors (Lipinski definition) is 1. The van der Waals surface area contributed by atoms with E-state index >= 15 is 0 Å². The van der Waals surface area contributed by atoms with Crippen LogP contribution in [-0.4, -0.2) is 23.8 Å². The lowest BCUT2D eigenvalue weighted by molar-refractivity contribution is 0.360. The summed E-state index contributed by atoms with van der Waals surface area (Å²) in [7, 11) is 0. The predicted octanol–water partition coefficient (Wildman–Crippen LogP) is 5.89. The Morgan fingerprint density at radius 2 is 1.30 bits per heavy atom. The fourth-order valence-electron chi connectivity index (χ4n) is 2.53. The smallest absolute Gasteiger partial charge is 0.0989 e. The average molecular weight is 305 g/mol. The van der Waals surface area contributed by atoms with Gasteiger partial charge in [0.25, 0.3) is 0 Å². The van der Waals surface area contributed by atoms with Gasteiger partial charge in [-0.2, -0.15) is 0 Å². The third-order valence-corrected chi connectivity index (χ3v) is 3.83. The first kappa shape index (κ1) is 22.0. The van der Waals surface area contributed by atoms with Crippen molar-refractivity contribution >= 4 is 18.2 Å². The Balaban J connectivity index is 0. The minimum absolute atomic E-state index is 0. The third kappa shape index (κ3) is 9.63. The summed E-state index contributed by atoms with van der Waals surface area (Å²) in [6, 6.07) is 0. The zero-order chi connectivity index (χ0) is 14.5. The molecule has 0 rings (SSSR count). The minimum atomic E-state index is 0. The first-order valence-electron chi connectivity index (χ1n) is 8.54. The van der Waals surface area contributed by atoms with Gasteiger partial charge in [-0.15, -0.1) is 12.4 Å². The molecule has 0 bridgehead atoms. The van der Waals surface area contributed by atoms with Crippen molar-refractivity contribution < 1.29 is 0 Å². The number of unbranched alkanes of at least 4 members (excludes halogenated alkanes) is 3. The first-order chi connectivity index (χ1) is 9.21. The maximum absolute atomic E-state index is 8.57. The molecule has 1 N–H and O–H groups in total. The van der Waals surface area contributed by atoms with Gasteiger partial charge < -0.3 is 4.90 Å². The molecule has 0 aromatic carbocycles. The molecule has 0 aromatic heterocycles. The normalized spacial score (nSPS) is 11.8. The summed E-state index contributed by atoms with van der Waals surface area (Å²) in [6.45, 7) is 11.1. The Morgan fingerprint density at radius 1 is 0.800 bits per heavy atom. The lowest BCUT2D eigenvalue weighted by atomic mass is 9.94. The van der Waals surface area contributed by atoms with Crippen LogP contribution >= 0.6 is 12.4 Å². The van der Waals surface area contributed by atoms with Crippen molar-refractivity contribution in [2.45, 2.75) is 85.5 Å². The van der Waals surface area contributed by atoms with Crippen molar-refractivity contribution in [2.24, 2.45) is 5.92 Å². The fourth-order valence-corrected chi connectivity index (χ4v) is 2.53. The zero-order valence-corrected chi connectivity index (χ0v) is 15.0. The topological polar surface area (TPSA) is 27.1 Å². The quantitative estimate of drug-likeness (QED) is 0.353. The second kappa shape index (κ2) is 15.2. The maximum Gasteiger partial charge on any atom is 0.0989 e. The number of nitrogens with zero attached hydrogens (tertiary/aromatic N) is 1. The van der Waals surface area contributed by atoms with Crippen LogP contribution in [0.15, 0.2) is 0 Å². The van der Waals surface area contributed by atoms with E-state index in [9.17, 15) is 0 Å². The van der Waals surface area contributed by atoms with Crippen molar-refractivity contribution in [3.05, 3.63) is 0 Å². The molecule has 3 heteroatoms. The molecule has 20 heavy (non-hydrogen) atoms. The van der Waals surface area contributed by atoms with Crippen LogP contribution in [0.3, 0.4) is 0 Å². The molecule has 1 atom stereocenters. The van der Waals surface area contributed by atoms with E-state index in [1.807, 2.05) is 0 Å². The summed E-state index contributed by atoms with van der Waals surface area (Å²) >= 11 is 0. The molecule has 0 aliphatic rings. The molecule has 0 heterocycles. The van der Waals surface area contributed by atoms with Gasteiger partial charge in [-0.25, -0.2) is 0 Å². The first-order valence-corrected chi connectivity index (χ1v) is 8.54. The zero-order valence-electron chi connectivity index (χ0n) is 14.2. The molecule has 0 aromatic rings. The van der Waals surface area contributed by atoms with Gasteiger partial charge in [0.2, 0.25) is 0 Å². The lowest BCUT2D eigenvalue weighted by Crippen LogP contribution is -2.37. The van der Waals surface area contributed by atoms with E-state index in [0.29, 0.717) is 5.92 Å². The van der Waals surface area contributed by atoms with Crippen LogP contribution in [0, 0.1) is 11.3 Å². The third-order valence-electron chi connectivity index (χ3n) is 3.83. The van der Waals surface area contributed by atoms with E-state index in [1.165, 1.54) is 57.8 Å². The Morgan fingerprint density at radius 3 is 1.70 bits per heavy atom. The van der Waals surface area contributed by atoms with E-state index in [2.05, 4.69) is 32.6 Å². The molecule has 0 aliphatic heterocycles. The van der Waals surface area contributed by atoms with Crippen LogP contribution in [0.5, 0.6) is 0 Å². The maximum atomic E-state index is 8.57. The molecular formula is C17H37ClN2. The average Bonchev–Trinajstić information content (AvgIpc) is 2.43. The monoisotopic (exact) mass is 304 g/mol. The second-order valence-corrected chi connectivity index (χ2v) is 5.71. The highest BCUT2D eigenvalue weighted by molar-refractivity contribution is 5.85. The van der Waals surface area contributed by atoms with Crippen LogP contribution in [0.1, 0.15) is 85.5 Å². The molecule has 0 saturated heterocycles. The number of rotatable bonds is 12. The summed E-state index contributed by atoms with van der Waals surface area (Å²) in [6.07, 6.45) is 11.0. The van der Waals surface area contributed by atoms with Crippen molar-refractivity contribution in [1.82, 2.24) is 4.90 Å². The van der Waals surface area contributed by atoms with Crippen molar-refractivity contribution in [2.75, 3.05) is 13.1 Å². The highest BCUT2D eigenvalue weighted by Crippen LogP contribution is 2.19. The summed E-state index contributed by atoms with van der Waals surface area (Å²) in [5.74, 6) is 1.43. The molecule has 1 unspecified atom stereocenters. The molecule has 0 spiro atoms. The minimum Gasteiger partial charge on any atom is -0.360 e.